The summed E-state index contributed by atoms with van der Waals surface area (Å²) < 4.78 is 5.50. The van der Waals surface area contributed by atoms with Crippen LogP contribution in [0.15, 0.2) is 0 Å². The molecule has 0 aromatic heterocycles. The molecule has 1 unspecified atom stereocenters. The van der Waals surface area contributed by atoms with Gasteiger partial charge in [-0.05, 0) is 19.8 Å². The number of hydrogen-bond acceptors (Lipinski definition) is 3. The first-order chi connectivity index (χ1) is 9.12. The van der Waals surface area contributed by atoms with E-state index in [0.29, 0.717) is 0 Å². The standard InChI is InChI=1S/C16H30O4.Ba.2H/c1-6-7-8-9-10-11-16(5,15(2,3)4)20-14(19)12-13(17)18;;;/h6-12H2,1-5H3,(H,17,18);;;. The number of esters is 1. The van der Waals surface area contributed by atoms with Crippen molar-refractivity contribution < 1.29 is 19.4 Å². The number of hydrogen-bond donors (Lipinski definition) is 1. The molecule has 5 heteroatoms. The zero-order valence-electron chi connectivity index (χ0n) is 13.6. The van der Waals surface area contributed by atoms with Crippen molar-refractivity contribution in [1.29, 1.82) is 0 Å². The van der Waals surface area contributed by atoms with Crippen LogP contribution in [0.4, 0.5) is 0 Å². The molecule has 1 N–H and O–H groups in total. The van der Waals surface area contributed by atoms with Gasteiger partial charge < -0.3 is 9.84 Å². The van der Waals surface area contributed by atoms with Crippen LogP contribution in [0.1, 0.15) is 79.6 Å². The first-order valence-electron chi connectivity index (χ1n) is 7.56. The molecule has 0 heterocycles. The van der Waals surface area contributed by atoms with Crippen LogP contribution in [-0.2, 0) is 14.3 Å². The van der Waals surface area contributed by atoms with E-state index in [0.717, 1.165) is 19.3 Å². The first kappa shape index (κ1) is 23.8. The third-order valence-electron chi connectivity index (χ3n) is 3.98. The van der Waals surface area contributed by atoms with E-state index in [1.807, 2.05) is 27.7 Å². The van der Waals surface area contributed by atoms with E-state index >= 15 is 0 Å². The van der Waals surface area contributed by atoms with Crippen LogP contribution in [0.5, 0.6) is 0 Å². The van der Waals surface area contributed by atoms with Crippen molar-refractivity contribution in [2.45, 2.75) is 85.2 Å². The van der Waals surface area contributed by atoms with Gasteiger partial charge in [-0.2, -0.15) is 0 Å². The van der Waals surface area contributed by atoms with E-state index < -0.39 is 24.0 Å². The van der Waals surface area contributed by atoms with Crippen LogP contribution in [-0.4, -0.2) is 71.5 Å². The number of rotatable bonds is 9. The quantitative estimate of drug-likeness (QED) is 0.266. The molecule has 21 heavy (non-hydrogen) atoms. The number of ether oxygens (including phenoxy) is 1. The molecule has 4 nitrogen and oxygen atoms in total. The van der Waals surface area contributed by atoms with Gasteiger partial charge in [-0.3, -0.25) is 9.59 Å². The van der Waals surface area contributed by atoms with E-state index in [1.54, 1.807) is 0 Å². The zero-order chi connectivity index (χ0) is 15.8. The Bertz CT molecular complexity index is 323. The summed E-state index contributed by atoms with van der Waals surface area (Å²) in [4.78, 5) is 22.2. The van der Waals surface area contributed by atoms with Crippen molar-refractivity contribution >= 4 is 60.8 Å². The van der Waals surface area contributed by atoms with Crippen molar-refractivity contribution in [3.63, 3.8) is 0 Å². The molecule has 0 aliphatic carbocycles. The summed E-state index contributed by atoms with van der Waals surface area (Å²) >= 11 is 0. The van der Waals surface area contributed by atoms with Gasteiger partial charge >= 0.3 is 60.8 Å². The molecule has 0 aliphatic rings. The van der Waals surface area contributed by atoms with Crippen LogP contribution in [0, 0.1) is 5.41 Å². The molecule has 0 radical (unpaired) electrons. The van der Waals surface area contributed by atoms with Gasteiger partial charge in [0.15, 0.2) is 0 Å². The van der Waals surface area contributed by atoms with E-state index in [2.05, 4.69) is 6.92 Å². The molecular weight excluding hydrogens is 394 g/mol. The van der Waals surface area contributed by atoms with Crippen molar-refractivity contribution in [2.75, 3.05) is 0 Å². The molecule has 0 aliphatic heterocycles. The Morgan fingerprint density at radius 1 is 1.00 bits per heavy atom. The number of carbonyl (C=O) groups excluding carboxylic acids is 1. The molecule has 0 saturated carbocycles. The summed E-state index contributed by atoms with van der Waals surface area (Å²) in [5.74, 6) is -1.79. The molecule has 0 bridgehead atoms. The number of carbonyl (C=O) groups is 2. The molecular formula is C16H32BaO4. The third-order valence-corrected chi connectivity index (χ3v) is 3.98. The monoisotopic (exact) mass is 426 g/mol. The molecule has 0 amide bonds. The van der Waals surface area contributed by atoms with E-state index in [1.165, 1.54) is 19.3 Å². The van der Waals surface area contributed by atoms with Crippen LogP contribution in [0.25, 0.3) is 0 Å². The van der Waals surface area contributed by atoms with Crippen LogP contribution >= 0.6 is 0 Å². The average Bonchev–Trinajstić information content (AvgIpc) is 2.25. The SMILES string of the molecule is CCCCCCCC(C)(OC(=O)CC(=O)O)C(C)(C)C.[BaH2]. The Labute approximate surface area is 169 Å². The Morgan fingerprint density at radius 3 is 1.95 bits per heavy atom. The molecule has 0 fully saturated rings. The minimum absolute atomic E-state index is 0. The zero-order valence-corrected chi connectivity index (χ0v) is 13.6. The maximum absolute atomic E-state index is 11.6. The Morgan fingerprint density at radius 2 is 1.52 bits per heavy atom. The van der Waals surface area contributed by atoms with Gasteiger partial charge in [0.2, 0.25) is 0 Å². The predicted octanol–water partition coefficient (Wildman–Crippen LogP) is 3.25. The molecule has 0 spiro atoms. The molecule has 0 aromatic carbocycles. The Balaban J connectivity index is 0. The normalized spacial score (nSPS) is 14.0. The van der Waals surface area contributed by atoms with Gasteiger partial charge in [-0.25, -0.2) is 0 Å². The topological polar surface area (TPSA) is 63.6 Å². The van der Waals surface area contributed by atoms with Gasteiger partial charge in [0, 0.05) is 5.41 Å². The third kappa shape index (κ3) is 10.0. The number of carboxylic acids is 1. The molecule has 122 valence electrons. The number of unbranched alkanes of at least 4 members (excludes halogenated alkanes) is 4. The van der Waals surface area contributed by atoms with Crippen molar-refractivity contribution in [1.82, 2.24) is 0 Å². The van der Waals surface area contributed by atoms with Crippen LogP contribution in [0.2, 0.25) is 0 Å². The summed E-state index contributed by atoms with van der Waals surface area (Å²) in [5, 5.41) is 8.66. The number of carboxylic acid groups (broad SMARTS) is 1. The van der Waals surface area contributed by atoms with Crippen molar-refractivity contribution in [3.05, 3.63) is 0 Å². The second kappa shape index (κ2) is 11.1. The Hall–Kier alpha value is 0.511. The number of aliphatic carboxylic acids is 1. The maximum atomic E-state index is 11.6. The molecule has 0 rings (SSSR count). The van der Waals surface area contributed by atoms with Crippen LogP contribution in [0.3, 0.4) is 0 Å². The molecule has 0 saturated heterocycles. The fraction of sp³-hybridized carbons (Fsp3) is 0.875. The first-order valence-corrected chi connectivity index (χ1v) is 7.56. The summed E-state index contributed by atoms with van der Waals surface area (Å²) in [6.45, 7) is 10.1. The molecule has 0 aromatic rings. The van der Waals surface area contributed by atoms with Gasteiger partial charge in [0.1, 0.15) is 12.0 Å². The summed E-state index contributed by atoms with van der Waals surface area (Å²) in [5.41, 5.74) is -0.836. The van der Waals surface area contributed by atoms with Gasteiger partial charge in [-0.15, -0.1) is 0 Å². The summed E-state index contributed by atoms with van der Waals surface area (Å²) in [6, 6.07) is 0. The average molecular weight is 426 g/mol. The summed E-state index contributed by atoms with van der Waals surface area (Å²) in [7, 11) is 0. The predicted molar refractivity (Wildman–Crippen MR) is 88.1 cm³/mol. The van der Waals surface area contributed by atoms with E-state index in [9.17, 15) is 9.59 Å². The van der Waals surface area contributed by atoms with E-state index in [4.69, 9.17) is 9.84 Å². The van der Waals surface area contributed by atoms with Crippen molar-refractivity contribution in [3.8, 4) is 0 Å². The van der Waals surface area contributed by atoms with E-state index in [-0.39, 0.29) is 54.3 Å². The Kier molecular flexibility index (Phi) is 12.6. The van der Waals surface area contributed by atoms with Gasteiger partial charge in [0.05, 0.1) is 0 Å². The van der Waals surface area contributed by atoms with Crippen molar-refractivity contribution in [2.24, 2.45) is 5.41 Å². The van der Waals surface area contributed by atoms with Gasteiger partial charge in [-0.1, -0.05) is 53.4 Å². The fourth-order valence-electron chi connectivity index (χ4n) is 2.06. The van der Waals surface area contributed by atoms with Crippen LogP contribution < -0.4 is 0 Å². The molecule has 1 atom stereocenters. The minimum atomic E-state index is -1.14. The fourth-order valence-corrected chi connectivity index (χ4v) is 2.06. The van der Waals surface area contributed by atoms with Gasteiger partial charge in [0.25, 0.3) is 0 Å². The second-order valence-corrected chi connectivity index (χ2v) is 6.69. The second-order valence-electron chi connectivity index (χ2n) is 6.69. The summed E-state index contributed by atoms with van der Waals surface area (Å²) in [6.07, 6.45) is 5.94.